The Hall–Kier alpha value is -2.02. The molecule has 1 aliphatic rings. The minimum absolute atomic E-state index is 0.0562. The van der Waals surface area contributed by atoms with Gasteiger partial charge in [-0.2, -0.15) is 0 Å². The van der Waals surface area contributed by atoms with Gasteiger partial charge in [-0.25, -0.2) is 18.7 Å². The molecule has 3 aromatic heterocycles. The minimum atomic E-state index is -2.58. The summed E-state index contributed by atoms with van der Waals surface area (Å²) in [6, 6.07) is 1.93. The summed E-state index contributed by atoms with van der Waals surface area (Å²) in [5.74, 6) is -0.146. The van der Waals surface area contributed by atoms with Gasteiger partial charge < -0.3 is 14.9 Å². The first kappa shape index (κ1) is 12.7. The molecular formula is C14H15F2N5. The molecule has 1 saturated heterocycles. The van der Waals surface area contributed by atoms with Crippen LogP contribution in [0.3, 0.4) is 0 Å². The Morgan fingerprint density at radius 3 is 2.86 bits per heavy atom. The molecule has 1 aliphatic heterocycles. The lowest BCUT2D eigenvalue weighted by Crippen LogP contribution is -2.30. The molecule has 0 atom stereocenters. The van der Waals surface area contributed by atoms with Gasteiger partial charge >= 0.3 is 0 Å². The Morgan fingerprint density at radius 1 is 1.29 bits per heavy atom. The standard InChI is InChI=1S/C14H15F2N5/c15-12(16)14-20-10-7-19-13-9(3-6-18-13)11(10)21(14)8-1-4-17-5-2-8/h3,6-8,12,17H,1-2,4-5H2,(H,18,19). The average molecular weight is 291 g/mol. The zero-order valence-corrected chi connectivity index (χ0v) is 11.3. The predicted molar refractivity (Wildman–Crippen MR) is 75.5 cm³/mol. The third-order valence-electron chi connectivity index (χ3n) is 4.13. The van der Waals surface area contributed by atoms with Gasteiger partial charge in [-0.05, 0) is 32.0 Å². The molecule has 110 valence electrons. The van der Waals surface area contributed by atoms with Crippen molar-refractivity contribution in [3.05, 3.63) is 24.3 Å². The summed E-state index contributed by atoms with van der Waals surface area (Å²) >= 11 is 0. The zero-order valence-electron chi connectivity index (χ0n) is 11.3. The number of pyridine rings is 1. The quantitative estimate of drug-likeness (QED) is 0.763. The van der Waals surface area contributed by atoms with Crippen molar-refractivity contribution in [3.8, 4) is 0 Å². The SMILES string of the molecule is FC(F)c1nc2cnc3[nH]ccc3c2n1C1CCNCC1. The molecule has 0 unspecified atom stereocenters. The lowest BCUT2D eigenvalue weighted by Gasteiger charge is -2.26. The van der Waals surface area contributed by atoms with Crippen molar-refractivity contribution >= 4 is 22.1 Å². The average Bonchev–Trinajstić information content (AvgIpc) is 3.11. The van der Waals surface area contributed by atoms with E-state index in [9.17, 15) is 8.78 Å². The first-order valence-electron chi connectivity index (χ1n) is 7.08. The summed E-state index contributed by atoms with van der Waals surface area (Å²) in [5, 5.41) is 4.12. The van der Waals surface area contributed by atoms with Crippen LogP contribution >= 0.6 is 0 Å². The second-order valence-electron chi connectivity index (χ2n) is 5.35. The highest BCUT2D eigenvalue weighted by molar-refractivity contribution is 6.01. The number of aromatic nitrogens is 4. The van der Waals surface area contributed by atoms with Crippen molar-refractivity contribution in [1.29, 1.82) is 0 Å². The largest absolute Gasteiger partial charge is 0.346 e. The second kappa shape index (κ2) is 4.77. The number of aromatic amines is 1. The van der Waals surface area contributed by atoms with Crippen LogP contribution in [-0.2, 0) is 0 Å². The Balaban J connectivity index is 2.03. The van der Waals surface area contributed by atoms with Crippen molar-refractivity contribution in [2.45, 2.75) is 25.3 Å². The van der Waals surface area contributed by atoms with Gasteiger partial charge in [0.15, 0.2) is 5.82 Å². The number of H-pyrrole nitrogens is 1. The molecule has 1 fully saturated rings. The van der Waals surface area contributed by atoms with Crippen molar-refractivity contribution in [2.24, 2.45) is 0 Å². The Bertz CT molecular complexity index is 785. The molecule has 21 heavy (non-hydrogen) atoms. The van der Waals surface area contributed by atoms with Crippen molar-refractivity contribution in [3.63, 3.8) is 0 Å². The lowest BCUT2D eigenvalue weighted by atomic mass is 10.1. The highest BCUT2D eigenvalue weighted by Crippen LogP contribution is 2.34. The van der Waals surface area contributed by atoms with Crippen LogP contribution in [0.25, 0.3) is 22.1 Å². The third kappa shape index (κ3) is 1.91. The summed E-state index contributed by atoms with van der Waals surface area (Å²) < 4.78 is 28.6. The molecule has 5 nitrogen and oxygen atoms in total. The summed E-state index contributed by atoms with van der Waals surface area (Å²) in [7, 11) is 0. The summed E-state index contributed by atoms with van der Waals surface area (Å²) in [6.45, 7) is 1.68. The van der Waals surface area contributed by atoms with Crippen LogP contribution in [0.4, 0.5) is 8.78 Å². The molecule has 0 amide bonds. The van der Waals surface area contributed by atoms with Crippen LogP contribution in [0.15, 0.2) is 18.5 Å². The Kier molecular flexibility index (Phi) is 2.88. The lowest BCUT2D eigenvalue weighted by molar-refractivity contribution is 0.131. The van der Waals surface area contributed by atoms with Gasteiger partial charge in [0.05, 0.1) is 11.7 Å². The number of nitrogens with zero attached hydrogens (tertiary/aromatic N) is 3. The molecule has 2 N–H and O–H groups in total. The fourth-order valence-corrected chi connectivity index (χ4v) is 3.20. The molecular weight excluding hydrogens is 276 g/mol. The van der Waals surface area contributed by atoms with E-state index in [0.717, 1.165) is 36.8 Å². The number of nitrogens with one attached hydrogen (secondary N) is 2. The highest BCUT2D eigenvalue weighted by Gasteiger charge is 2.27. The van der Waals surface area contributed by atoms with Crippen LogP contribution in [0.5, 0.6) is 0 Å². The number of piperidine rings is 1. The van der Waals surface area contributed by atoms with E-state index in [2.05, 4.69) is 20.3 Å². The number of rotatable bonds is 2. The molecule has 4 heterocycles. The summed E-state index contributed by atoms with van der Waals surface area (Å²) in [4.78, 5) is 11.4. The number of fused-ring (bicyclic) bond motifs is 3. The first-order chi connectivity index (χ1) is 10.3. The van der Waals surface area contributed by atoms with Gasteiger partial charge in [0.1, 0.15) is 11.2 Å². The molecule has 0 saturated carbocycles. The topological polar surface area (TPSA) is 58.5 Å². The molecule has 0 aliphatic carbocycles. The molecule has 0 aromatic carbocycles. The normalized spacial score (nSPS) is 17.3. The fourth-order valence-electron chi connectivity index (χ4n) is 3.20. The van der Waals surface area contributed by atoms with Crippen LogP contribution in [0.2, 0.25) is 0 Å². The van der Waals surface area contributed by atoms with Gasteiger partial charge in [-0.15, -0.1) is 0 Å². The number of hydrogen-bond donors (Lipinski definition) is 2. The Morgan fingerprint density at radius 2 is 2.10 bits per heavy atom. The third-order valence-corrected chi connectivity index (χ3v) is 4.13. The summed E-state index contributed by atoms with van der Waals surface area (Å²) in [5.41, 5.74) is 2.01. The van der Waals surface area contributed by atoms with E-state index in [1.807, 2.05) is 6.07 Å². The van der Waals surface area contributed by atoms with Gasteiger partial charge in [0, 0.05) is 17.6 Å². The highest BCUT2D eigenvalue weighted by atomic mass is 19.3. The van der Waals surface area contributed by atoms with Gasteiger partial charge in [0.25, 0.3) is 6.43 Å². The molecule has 3 aromatic rings. The van der Waals surface area contributed by atoms with E-state index in [1.165, 1.54) is 0 Å². The Labute approximate surface area is 119 Å². The van der Waals surface area contributed by atoms with Gasteiger partial charge in [0.2, 0.25) is 0 Å². The van der Waals surface area contributed by atoms with Crippen molar-refractivity contribution < 1.29 is 8.78 Å². The zero-order chi connectivity index (χ0) is 14.4. The van der Waals surface area contributed by atoms with Crippen LogP contribution in [0, 0.1) is 0 Å². The van der Waals surface area contributed by atoms with Gasteiger partial charge in [-0.1, -0.05) is 0 Å². The van der Waals surface area contributed by atoms with Crippen LogP contribution in [-0.4, -0.2) is 32.6 Å². The van der Waals surface area contributed by atoms with Crippen LogP contribution < -0.4 is 5.32 Å². The van der Waals surface area contributed by atoms with Crippen LogP contribution in [0.1, 0.15) is 31.1 Å². The van der Waals surface area contributed by atoms with E-state index in [1.54, 1.807) is 17.0 Å². The van der Waals surface area contributed by atoms with E-state index >= 15 is 0 Å². The molecule has 4 rings (SSSR count). The molecule has 0 spiro atoms. The maximum atomic E-state index is 13.4. The second-order valence-corrected chi connectivity index (χ2v) is 5.35. The van der Waals surface area contributed by atoms with Crippen molar-refractivity contribution in [1.82, 2.24) is 24.8 Å². The number of imidazole rings is 1. The van der Waals surface area contributed by atoms with E-state index < -0.39 is 6.43 Å². The predicted octanol–water partition coefficient (Wildman–Crippen LogP) is 2.77. The minimum Gasteiger partial charge on any atom is -0.346 e. The molecule has 7 heteroatoms. The molecule has 0 bridgehead atoms. The number of halogens is 2. The van der Waals surface area contributed by atoms with E-state index in [-0.39, 0.29) is 11.9 Å². The number of alkyl halides is 2. The maximum Gasteiger partial charge on any atom is 0.295 e. The fraction of sp³-hybridized carbons (Fsp3) is 0.429. The van der Waals surface area contributed by atoms with Gasteiger partial charge in [-0.3, -0.25) is 0 Å². The molecule has 0 radical (unpaired) electrons. The first-order valence-corrected chi connectivity index (χ1v) is 7.08. The maximum absolute atomic E-state index is 13.4. The van der Waals surface area contributed by atoms with Crippen molar-refractivity contribution in [2.75, 3.05) is 13.1 Å². The monoisotopic (exact) mass is 291 g/mol. The van der Waals surface area contributed by atoms with E-state index in [4.69, 9.17) is 0 Å². The van der Waals surface area contributed by atoms with E-state index in [0.29, 0.717) is 11.2 Å². The smallest absolute Gasteiger partial charge is 0.295 e. The number of hydrogen-bond acceptors (Lipinski definition) is 3. The summed E-state index contributed by atoms with van der Waals surface area (Å²) in [6.07, 6.45) is 2.43.